The van der Waals surface area contributed by atoms with Crippen LogP contribution in [0.2, 0.25) is 0 Å². The number of rotatable bonds is 11. The molecule has 7 rings (SSSR count). The molecule has 54 heavy (non-hydrogen) atoms. The molecule has 3 amide bonds. The maximum atomic E-state index is 13.8. The number of imidazole rings is 2. The minimum atomic E-state index is -0.955. The molecule has 6 N–H and O–H groups in total. The highest BCUT2D eigenvalue weighted by molar-refractivity contribution is 5.90. The first-order valence-corrected chi connectivity index (χ1v) is 19.0. The minimum absolute atomic E-state index is 0.0752. The van der Waals surface area contributed by atoms with Crippen molar-refractivity contribution in [3.05, 3.63) is 72.6 Å². The average Bonchev–Trinajstić information content (AvgIpc) is 4.01. The van der Waals surface area contributed by atoms with Crippen LogP contribution in [0.5, 0.6) is 0 Å². The molecule has 0 spiro atoms. The van der Waals surface area contributed by atoms with Gasteiger partial charge in [0.2, 0.25) is 5.91 Å². The fourth-order valence-electron chi connectivity index (χ4n) is 7.71. The summed E-state index contributed by atoms with van der Waals surface area (Å²) < 4.78 is 5.18. The lowest BCUT2D eigenvalue weighted by Gasteiger charge is -2.30. The highest BCUT2D eigenvalue weighted by atomic mass is 16.6. The first-order chi connectivity index (χ1) is 26.1. The fourth-order valence-corrected chi connectivity index (χ4v) is 7.71. The standard InChI is InChI=1S/C40H50N10O4/c1-23(2)33(48-40-42-17-18-43-40)37(51)49-19-5-7-31(49)35-44-21-29(46-35)27-13-9-25(10-14-27)26-11-15-28(16-12-26)30-22-45-36(47-30)32-8-6-20-50(32)38(52)34(24(3)4)54-39(41)53/h9-16,21-24,31-34H,5-8,17-20H2,1-4H3,(H2,41,53)(H,44,46)(H,45,47)(H2,42,43,48)/t31?,32-,33+,34-/m0/s1. The molecule has 2 fully saturated rings. The van der Waals surface area contributed by atoms with Crippen molar-refractivity contribution in [2.24, 2.45) is 22.6 Å². The number of nitrogens with two attached hydrogens (primary N) is 1. The number of carbonyl (C=O) groups is 3. The number of hydrogen-bond acceptors (Lipinski definition) is 9. The molecule has 5 heterocycles. The average molecular weight is 735 g/mol. The number of aliphatic imine (C=N–C) groups is 1. The first kappa shape index (κ1) is 36.7. The van der Waals surface area contributed by atoms with Gasteiger partial charge in [0.1, 0.15) is 17.7 Å². The van der Waals surface area contributed by atoms with Crippen LogP contribution in [0, 0.1) is 11.8 Å². The third-order valence-electron chi connectivity index (χ3n) is 10.6. The maximum absolute atomic E-state index is 13.8. The van der Waals surface area contributed by atoms with Crippen LogP contribution < -0.4 is 16.4 Å². The minimum Gasteiger partial charge on any atom is -0.436 e. The van der Waals surface area contributed by atoms with Gasteiger partial charge in [-0.25, -0.2) is 14.8 Å². The van der Waals surface area contributed by atoms with Crippen LogP contribution in [0.4, 0.5) is 4.79 Å². The zero-order valence-electron chi connectivity index (χ0n) is 31.3. The molecule has 2 saturated heterocycles. The Kier molecular flexibility index (Phi) is 10.7. The van der Waals surface area contributed by atoms with Gasteiger partial charge in [-0.2, -0.15) is 0 Å². The van der Waals surface area contributed by atoms with Crippen LogP contribution in [-0.2, 0) is 14.3 Å². The van der Waals surface area contributed by atoms with Crippen molar-refractivity contribution < 1.29 is 19.1 Å². The van der Waals surface area contributed by atoms with Crippen LogP contribution in [0.25, 0.3) is 33.6 Å². The van der Waals surface area contributed by atoms with Gasteiger partial charge in [-0.15, -0.1) is 0 Å². The van der Waals surface area contributed by atoms with Gasteiger partial charge < -0.3 is 40.9 Å². The lowest BCUT2D eigenvalue weighted by Crippen LogP contribution is -2.53. The van der Waals surface area contributed by atoms with Crippen molar-refractivity contribution in [3.63, 3.8) is 0 Å². The van der Waals surface area contributed by atoms with Crippen molar-refractivity contribution in [2.75, 3.05) is 26.2 Å². The van der Waals surface area contributed by atoms with E-state index in [1.807, 2.05) is 24.9 Å². The predicted molar refractivity (Wildman–Crippen MR) is 206 cm³/mol. The van der Waals surface area contributed by atoms with E-state index in [-0.39, 0.29) is 41.8 Å². The highest BCUT2D eigenvalue weighted by Crippen LogP contribution is 2.35. The number of aromatic amines is 2. The second-order valence-electron chi connectivity index (χ2n) is 15.0. The van der Waals surface area contributed by atoms with Crippen LogP contribution in [0.3, 0.4) is 0 Å². The molecule has 0 saturated carbocycles. The van der Waals surface area contributed by atoms with Gasteiger partial charge >= 0.3 is 6.09 Å². The predicted octanol–water partition coefficient (Wildman–Crippen LogP) is 5.15. The Hall–Kier alpha value is -5.66. The molecule has 2 aromatic carbocycles. The molecule has 1 unspecified atom stereocenters. The number of amides is 3. The molecule has 0 bridgehead atoms. The summed E-state index contributed by atoms with van der Waals surface area (Å²) in [5, 5.41) is 6.56. The molecular formula is C40H50N10O4. The normalized spacial score (nSPS) is 19.6. The van der Waals surface area contributed by atoms with Gasteiger partial charge in [-0.3, -0.25) is 14.6 Å². The Balaban J connectivity index is 0.998. The third-order valence-corrected chi connectivity index (χ3v) is 10.6. The molecule has 2 aromatic heterocycles. The Bertz CT molecular complexity index is 1980. The third kappa shape index (κ3) is 7.68. The summed E-state index contributed by atoms with van der Waals surface area (Å²) in [5.74, 6) is 1.92. The van der Waals surface area contributed by atoms with Crippen LogP contribution in [-0.4, -0.2) is 91.9 Å². The smallest absolute Gasteiger partial charge is 0.405 e. The van der Waals surface area contributed by atoms with E-state index in [1.165, 1.54) is 0 Å². The summed E-state index contributed by atoms with van der Waals surface area (Å²) in [4.78, 5) is 63.1. The molecule has 14 heteroatoms. The monoisotopic (exact) mass is 734 g/mol. The summed E-state index contributed by atoms with van der Waals surface area (Å²) in [5.41, 5.74) is 11.2. The topological polar surface area (TPSA) is 187 Å². The quantitative estimate of drug-likeness (QED) is 0.140. The molecule has 4 atom stereocenters. The molecule has 0 radical (unpaired) electrons. The van der Waals surface area contributed by atoms with E-state index in [2.05, 4.69) is 93.0 Å². The number of hydrogen-bond donors (Lipinski definition) is 5. The highest BCUT2D eigenvalue weighted by Gasteiger charge is 2.39. The number of nitrogens with one attached hydrogen (secondary N) is 4. The van der Waals surface area contributed by atoms with E-state index in [9.17, 15) is 14.4 Å². The largest absolute Gasteiger partial charge is 0.436 e. The number of nitrogens with zero attached hydrogens (tertiary/aromatic N) is 5. The molecule has 14 nitrogen and oxygen atoms in total. The summed E-state index contributed by atoms with van der Waals surface area (Å²) in [6, 6.07) is 15.9. The van der Waals surface area contributed by atoms with E-state index in [4.69, 9.17) is 15.5 Å². The molecule has 284 valence electrons. The van der Waals surface area contributed by atoms with Crippen LogP contribution in [0.15, 0.2) is 65.9 Å². The molecule has 4 aromatic rings. The van der Waals surface area contributed by atoms with E-state index in [1.54, 1.807) is 11.1 Å². The molecule has 3 aliphatic heterocycles. The summed E-state index contributed by atoms with van der Waals surface area (Å²) in [6.07, 6.45) is 5.14. The van der Waals surface area contributed by atoms with Crippen molar-refractivity contribution >= 4 is 23.9 Å². The fraction of sp³-hybridized carbons (Fsp3) is 0.450. The summed E-state index contributed by atoms with van der Waals surface area (Å²) in [6.45, 7) is 10.5. The Labute approximate surface area is 315 Å². The number of likely N-dealkylation sites (tertiary alicyclic amines) is 2. The summed E-state index contributed by atoms with van der Waals surface area (Å²) >= 11 is 0. The van der Waals surface area contributed by atoms with Gasteiger partial charge in [-0.05, 0) is 59.8 Å². The maximum Gasteiger partial charge on any atom is 0.405 e. The lowest BCUT2D eigenvalue weighted by molar-refractivity contribution is -0.143. The number of aromatic nitrogens is 4. The van der Waals surface area contributed by atoms with Crippen LogP contribution in [0.1, 0.15) is 77.1 Å². The Morgan fingerprint density at radius 3 is 1.70 bits per heavy atom. The second kappa shape index (κ2) is 15.7. The van der Waals surface area contributed by atoms with Crippen molar-refractivity contribution in [1.82, 2.24) is 40.4 Å². The van der Waals surface area contributed by atoms with Crippen molar-refractivity contribution in [3.8, 4) is 33.6 Å². The van der Waals surface area contributed by atoms with Gasteiger partial charge in [-0.1, -0.05) is 76.2 Å². The summed E-state index contributed by atoms with van der Waals surface area (Å²) in [7, 11) is 0. The Morgan fingerprint density at radius 1 is 0.759 bits per heavy atom. The van der Waals surface area contributed by atoms with Gasteiger partial charge in [0, 0.05) is 19.6 Å². The number of primary amides is 1. The zero-order chi connectivity index (χ0) is 37.9. The first-order valence-electron chi connectivity index (χ1n) is 19.0. The lowest BCUT2D eigenvalue weighted by atomic mass is 10.0. The SMILES string of the molecule is CC(C)[C@H](OC(N)=O)C(=O)N1CCC[C@H]1c1ncc(-c2ccc(-c3ccc(-c4cnc(C5CCCN5C(=O)[C@H](NC5=NCCN5)C(C)C)[nH]4)cc3)cc2)[nH]1. The number of guanidine groups is 1. The number of benzene rings is 2. The number of H-pyrrole nitrogens is 2. The molecule has 3 aliphatic rings. The Morgan fingerprint density at radius 2 is 1.26 bits per heavy atom. The van der Waals surface area contributed by atoms with Crippen molar-refractivity contribution in [2.45, 2.75) is 77.6 Å². The number of ether oxygens (including phenoxy) is 1. The second-order valence-corrected chi connectivity index (χ2v) is 15.0. The molecule has 0 aliphatic carbocycles. The van der Waals surface area contributed by atoms with Crippen LogP contribution >= 0.6 is 0 Å². The van der Waals surface area contributed by atoms with E-state index < -0.39 is 12.2 Å². The molecular weight excluding hydrogens is 685 g/mol. The zero-order valence-corrected chi connectivity index (χ0v) is 31.3. The van der Waals surface area contributed by atoms with Crippen molar-refractivity contribution in [1.29, 1.82) is 0 Å². The van der Waals surface area contributed by atoms with E-state index >= 15 is 0 Å². The van der Waals surface area contributed by atoms with Gasteiger partial charge in [0.25, 0.3) is 5.91 Å². The van der Waals surface area contributed by atoms with Gasteiger partial charge in [0.05, 0.1) is 42.4 Å². The van der Waals surface area contributed by atoms with E-state index in [0.717, 1.165) is 71.7 Å². The van der Waals surface area contributed by atoms with Gasteiger partial charge in [0.15, 0.2) is 12.1 Å². The van der Waals surface area contributed by atoms with E-state index in [0.29, 0.717) is 31.4 Å². The number of carbonyl (C=O) groups excluding carboxylic acids is 3.